The van der Waals surface area contributed by atoms with Gasteiger partial charge in [0.15, 0.2) is 0 Å². The van der Waals surface area contributed by atoms with Crippen molar-refractivity contribution in [1.29, 1.82) is 0 Å². The summed E-state index contributed by atoms with van der Waals surface area (Å²) in [5.41, 5.74) is 0. The average Bonchev–Trinajstić information content (AvgIpc) is 3.12. The predicted molar refractivity (Wildman–Crippen MR) is 81.1 cm³/mol. The number of amides is 2. The third-order valence-corrected chi connectivity index (χ3v) is 5.26. The summed E-state index contributed by atoms with van der Waals surface area (Å²) in [6.07, 6.45) is 7.80. The number of rotatable bonds is 5. The molecule has 1 saturated heterocycles. The second kappa shape index (κ2) is 7.14. The molecule has 2 fully saturated rings. The molecule has 5 nitrogen and oxygen atoms in total. The van der Waals surface area contributed by atoms with E-state index in [4.69, 9.17) is 0 Å². The van der Waals surface area contributed by atoms with Crippen LogP contribution in [0.3, 0.4) is 0 Å². The van der Waals surface area contributed by atoms with Crippen LogP contribution in [0, 0.1) is 11.8 Å². The number of hydrogen-bond donors (Lipinski definition) is 2. The number of hydrogen-bond acceptors (Lipinski definition) is 2. The van der Waals surface area contributed by atoms with E-state index in [2.05, 4.69) is 5.32 Å². The zero-order valence-electron chi connectivity index (χ0n) is 13.2. The lowest BCUT2D eigenvalue weighted by Crippen LogP contribution is -2.52. The molecule has 0 spiro atoms. The van der Waals surface area contributed by atoms with Gasteiger partial charge in [-0.1, -0.05) is 33.1 Å². The fourth-order valence-corrected chi connectivity index (χ4v) is 3.78. The van der Waals surface area contributed by atoms with Crippen molar-refractivity contribution < 1.29 is 14.7 Å². The molecular weight excluding hydrogens is 268 g/mol. The van der Waals surface area contributed by atoms with E-state index in [1.165, 1.54) is 25.7 Å². The summed E-state index contributed by atoms with van der Waals surface area (Å²) in [6.45, 7) is 4.58. The maximum absolute atomic E-state index is 12.5. The number of aliphatic carboxylic acids is 1. The molecule has 21 heavy (non-hydrogen) atoms. The molecule has 2 aliphatic rings. The van der Waals surface area contributed by atoms with Gasteiger partial charge >= 0.3 is 12.0 Å². The van der Waals surface area contributed by atoms with E-state index in [1.54, 1.807) is 0 Å². The monoisotopic (exact) mass is 296 g/mol. The predicted octanol–water partition coefficient (Wildman–Crippen LogP) is 2.85. The fourth-order valence-electron chi connectivity index (χ4n) is 3.78. The summed E-state index contributed by atoms with van der Waals surface area (Å²) >= 11 is 0. The van der Waals surface area contributed by atoms with Crippen molar-refractivity contribution in [2.75, 3.05) is 6.54 Å². The number of carbonyl (C=O) groups is 2. The molecule has 120 valence electrons. The first-order valence-electron chi connectivity index (χ1n) is 8.34. The molecule has 2 unspecified atom stereocenters. The van der Waals surface area contributed by atoms with E-state index in [0.717, 1.165) is 25.8 Å². The third-order valence-electron chi connectivity index (χ3n) is 5.26. The molecule has 0 bridgehead atoms. The van der Waals surface area contributed by atoms with E-state index >= 15 is 0 Å². The Hall–Kier alpha value is -1.26. The van der Waals surface area contributed by atoms with Crippen LogP contribution in [0.4, 0.5) is 4.79 Å². The first kappa shape index (κ1) is 16.1. The molecule has 0 aromatic heterocycles. The standard InChI is InChI=1S/C16H28N2O3/c1-3-11(2)14(15(19)20)17-16(21)18-10-6-9-13(18)12-7-4-5-8-12/h11-14H,3-10H2,1-2H3,(H,17,21)(H,19,20)/t11?,13?,14-/m0/s1. The molecule has 0 aromatic carbocycles. The Bertz CT molecular complexity index is 380. The summed E-state index contributed by atoms with van der Waals surface area (Å²) in [5, 5.41) is 12.1. The quantitative estimate of drug-likeness (QED) is 0.819. The normalized spacial score (nSPS) is 25.8. The topological polar surface area (TPSA) is 69.6 Å². The third kappa shape index (κ3) is 3.69. The number of nitrogens with zero attached hydrogens (tertiary/aromatic N) is 1. The van der Waals surface area contributed by atoms with Crippen LogP contribution in [0.5, 0.6) is 0 Å². The van der Waals surface area contributed by atoms with Gasteiger partial charge in [-0.15, -0.1) is 0 Å². The second-order valence-electron chi connectivity index (χ2n) is 6.60. The SMILES string of the molecule is CCC(C)[C@H](NC(=O)N1CCCC1C1CCCC1)C(=O)O. The van der Waals surface area contributed by atoms with E-state index in [0.29, 0.717) is 12.0 Å². The van der Waals surface area contributed by atoms with Gasteiger partial charge in [-0.3, -0.25) is 0 Å². The molecule has 1 saturated carbocycles. The van der Waals surface area contributed by atoms with Crippen molar-refractivity contribution in [3.63, 3.8) is 0 Å². The zero-order chi connectivity index (χ0) is 15.4. The Morgan fingerprint density at radius 1 is 1.24 bits per heavy atom. The first-order valence-corrected chi connectivity index (χ1v) is 8.34. The summed E-state index contributed by atoms with van der Waals surface area (Å²) in [5.74, 6) is -0.376. The van der Waals surface area contributed by atoms with E-state index in [-0.39, 0.29) is 11.9 Å². The van der Waals surface area contributed by atoms with Gasteiger partial charge in [0, 0.05) is 12.6 Å². The van der Waals surface area contributed by atoms with Crippen LogP contribution in [0.25, 0.3) is 0 Å². The molecule has 5 heteroatoms. The van der Waals surface area contributed by atoms with Gasteiger partial charge in [0.2, 0.25) is 0 Å². The largest absolute Gasteiger partial charge is 0.480 e. The van der Waals surface area contributed by atoms with Crippen molar-refractivity contribution in [1.82, 2.24) is 10.2 Å². The molecule has 0 aromatic rings. The maximum atomic E-state index is 12.5. The lowest BCUT2D eigenvalue weighted by atomic mass is 9.96. The minimum atomic E-state index is -0.936. The highest BCUT2D eigenvalue weighted by Gasteiger charge is 2.37. The van der Waals surface area contributed by atoms with Crippen molar-refractivity contribution in [3.8, 4) is 0 Å². The van der Waals surface area contributed by atoms with Gasteiger partial charge in [0.25, 0.3) is 0 Å². The van der Waals surface area contributed by atoms with Gasteiger partial charge < -0.3 is 15.3 Å². The van der Waals surface area contributed by atoms with E-state index in [1.807, 2.05) is 18.7 Å². The minimum absolute atomic E-state index is 0.0565. The lowest BCUT2D eigenvalue weighted by molar-refractivity contribution is -0.140. The number of likely N-dealkylation sites (tertiary alicyclic amines) is 1. The van der Waals surface area contributed by atoms with Crippen molar-refractivity contribution in [3.05, 3.63) is 0 Å². The molecule has 2 N–H and O–H groups in total. The number of carboxylic acids is 1. The molecule has 2 amide bonds. The van der Waals surface area contributed by atoms with Gasteiger partial charge in [-0.2, -0.15) is 0 Å². The fraction of sp³-hybridized carbons (Fsp3) is 0.875. The summed E-state index contributed by atoms with van der Waals surface area (Å²) in [6, 6.07) is -0.650. The Morgan fingerprint density at radius 2 is 1.90 bits per heavy atom. The summed E-state index contributed by atoms with van der Waals surface area (Å²) < 4.78 is 0. The highest BCUT2D eigenvalue weighted by atomic mass is 16.4. The van der Waals surface area contributed by atoms with Gasteiger partial charge in [-0.25, -0.2) is 9.59 Å². The maximum Gasteiger partial charge on any atom is 0.326 e. The number of carboxylic acid groups (broad SMARTS) is 1. The van der Waals surface area contributed by atoms with Crippen molar-refractivity contribution in [2.24, 2.45) is 11.8 Å². The molecule has 1 heterocycles. The van der Waals surface area contributed by atoms with Gasteiger partial charge in [0.05, 0.1) is 0 Å². The van der Waals surface area contributed by atoms with Crippen molar-refractivity contribution >= 4 is 12.0 Å². The first-order chi connectivity index (χ1) is 10.0. The van der Waals surface area contributed by atoms with Gasteiger partial charge in [0.1, 0.15) is 6.04 Å². The molecule has 1 aliphatic heterocycles. The van der Waals surface area contributed by atoms with Crippen LogP contribution in [0.1, 0.15) is 58.8 Å². The van der Waals surface area contributed by atoms with Crippen LogP contribution in [0.2, 0.25) is 0 Å². The van der Waals surface area contributed by atoms with Crippen molar-refractivity contribution in [2.45, 2.75) is 70.9 Å². The molecular formula is C16H28N2O3. The summed E-state index contributed by atoms with van der Waals surface area (Å²) in [7, 11) is 0. The Balaban J connectivity index is 1.98. The minimum Gasteiger partial charge on any atom is -0.480 e. The number of urea groups is 1. The van der Waals surface area contributed by atoms with Crippen LogP contribution in [0.15, 0.2) is 0 Å². The van der Waals surface area contributed by atoms with E-state index < -0.39 is 12.0 Å². The zero-order valence-corrected chi connectivity index (χ0v) is 13.2. The summed E-state index contributed by atoms with van der Waals surface area (Å²) in [4.78, 5) is 25.8. The smallest absolute Gasteiger partial charge is 0.326 e. The Labute approximate surface area is 127 Å². The molecule has 3 atom stereocenters. The highest BCUT2D eigenvalue weighted by molar-refractivity contribution is 5.83. The lowest BCUT2D eigenvalue weighted by Gasteiger charge is -2.31. The Kier molecular flexibility index (Phi) is 5.48. The van der Waals surface area contributed by atoms with Crippen LogP contribution < -0.4 is 5.32 Å². The Morgan fingerprint density at radius 3 is 2.48 bits per heavy atom. The highest BCUT2D eigenvalue weighted by Crippen LogP contribution is 2.35. The van der Waals surface area contributed by atoms with Crippen LogP contribution in [-0.2, 0) is 4.79 Å². The number of nitrogens with one attached hydrogen (secondary N) is 1. The average molecular weight is 296 g/mol. The molecule has 0 radical (unpaired) electrons. The van der Waals surface area contributed by atoms with E-state index in [9.17, 15) is 14.7 Å². The van der Waals surface area contributed by atoms with Crippen LogP contribution >= 0.6 is 0 Å². The number of carbonyl (C=O) groups excluding carboxylic acids is 1. The second-order valence-corrected chi connectivity index (χ2v) is 6.60. The molecule has 1 aliphatic carbocycles. The van der Waals surface area contributed by atoms with Gasteiger partial charge in [-0.05, 0) is 37.5 Å². The van der Waals surface area contributed by atoms with Crippen LogP contribution in [-0.4, -0.2) is 40.6 Å². The molecule has 2 rings (SSSR count).